The highest BCUT2D eigenvalue weighted by Gasteiger charge is 2.36. The highest BCUT2D eigenvalue weighted by molar-refractivity contribution is 7.89. The van der Waals surface area contributed by atoms with Crippen molar-refractivity contribution >= 4 is 21.4 Å². The Bertz CT molecular complexity index is 831. The van der Waals surface area contributed by atoms with E-state index in [-0.39, 0.29) is 10.3 Å². The number of nitrogens with one attached hydrogen (secondary N) is 1. The molecule has 0 atom stereocenters. The Kier molecular flexibility index (Phi) is 5.72. The molecule has 0 spiro atoms. The van der Waals surface area contributed by atoms with Crippen molar-refractivity contribution in [2.75, 3.05) is 26.9 Å². The van der Waals surface area contributed by atoms with Crippen LogP contribution in [0, 0.1) is 13.8 Å². The van der Waals surface area contributed by atoms with Crippen molar-refractivity contribution in [2.24, 2.45) is 0 Å². The summed E-state index contributed by atoms with van der Waals surface area (Å²) in [6.07, 6.45) is 1.62. The minimum Gasteiger partial charge on any atom is -0.496 e. The first kappa shape index (κ1) is 19.4. The van der Waals surface area contributed by atoms with Gasteiger partial charge in [-0.15, -0.1) is 0 Å². The summed E-state index contributed by atoms with van der Waals surface area (Å²) < 4.78 is 39.5. The van der Waals surface area contributed by atoms with Gasteiger partial charge in [-0.3, -0.25) is 0 Å². The Morgan fingerprint density at radius 3 is 2.42 bits per heavy atom. The molecule has 1 N–H and O–H groups in total. The van der Waals surface area contributed by atoms with E-state index in [9.17, 15) is 8.42 Å². The number of ether oxygens (including phenoxy) is 2. The van der Waals surface area contributed by atoms with Gasteiger partial charge in [-0.2, -0.15) is 11.3 Å². The molecule has 1 aromatic heterocycles. The fraction of sp³-hybridized carbons (Fsp3) is 0.474. The van der Waals surface area contributed by atoms with Gasteiger partial charge in [-0.25, -0.2) is 13.1 Å². The molecule has 0 aliphatic carbocycles. The molecule has 1 aliphatic rings. The molecule has 7 heteroatoms. The number of methoxy groups -OCH3 is 1. The number of thiophene rings is 1. The number of aryl methyl sites for hydroxylation is 2. The van der Waals surface area contributed by atoms with Crippen LogP contribution < -0.4 is 9.46 Å². The van der Waals surface area contributed by atoms with Crippen LogP contribution in [0.3, 0.4) is 0 Å². The number of benzene rings is 1. The van der Waals surface area contributed by atoms with Crippen LogP contribution >= 0.6 is 11.3 Å². The maximum atomic E-state index is 12.9. The zero-order valence-electron chi connectivity index (χ0n) is 15.4. The Labute approximate surface area is 159 Å². The van der Waals surface area contributed by atoms with Crippen LogP contribution in [-0.2, 0) is 20.2 Å². The van der Waals surface area contributed by atoms with Crippen molar-refractivity contribution in [3.8, 4) is 5.75 Å². The summed E-state index contributed by atoms with van der Waals surface area (Å²) >= 11 is 1.64. The fourth-order valence-corrected chi connectivity index (χ4v) is 5.68. The van der Waals surface area contributed by atoms with E-state index in [0.29, 0.717) is 19.8 Å². The molecule has 2 aromatic rings. The van der Waals surface area contributed by atoms with Gasteiger partial charge < -0.3 is 9.47 Å². The summed E-state index contributed by atoms with van der Waals surface area (Å²) in [7, 11) is -2.01. The molecule has 26 heavy (non-hydrogen) atoms. The fourth-order valence-electron chi connectivity index (χ4n) is 3.60. The largest absolute Gasteiger partial charge is 0.496 e. The van der Waals surface area contributed by atoms with E-state index in [1.807, 2.05) is 19.2 Å². The molecule has 1 aromatic carbocycles. The van der Waals surface area contributed by atoms with Crippen molar-refractivity contribution in [3.05, 3.63) is 45.6 Å². The van der Waals surface area contributed by atoms with Gasteiger partial charge in [0.15, 0.2) is 0 Å². The molecule has 1 fully saturated rings. The van der Waals surface area contributed by atoms with Gasteiger partial charge in [0, 0.05) is 25.2 Å². The van der Waals surface area contributed by atoms with Gasteiger partial charge in [0.2, 0.25) is 10.0 Å². The van der Waals surface area contributed by atoms with Crippen molar-refractivity contribution < 1.29 is 17.9 Å². The number of sulfonamides is 1. The van der Waals surface area contributed by atoms with E-state index >= 15 is 0 Å². The van der Waals surface area contributed by atoms with E-state index < -0.39 is 10.0 Å². The zero-order chi connectivity index (χ0) is 18.8. The summed E-state index contributed by atoms with van der Waals surface area (Å²) in [4.78, 5) is 0.279. The van der Waals surface area contributed by atoms with E-state index in [4.69, 9.17) is 9.47 Å². The third kappa shape index (κ3) is 3.81. The maximum absolute atomic E-state index is 12.9. The second-order valence-electron chi connectivity index (χ2n) is 6.82. The SMILES string of the molecule is COc1c(C)cc(S(=O)(=O)NCC2(c3ccsc3)CCOCC2)cc1C. The normalized spacial score (nSPS) is 17.2. The third-order valence-electron chi connectivity index (χ3n) is 5.13. The minimum absolute atomic E-state index is 0.206. The average Bonchev–Trinajstić information content (AvgIpc) is 3.16. The Balaban J connectivity index is 1.85. The predicted octanol–water partition coefficient (Wildman–Crippen LogP) is 3.40. The smallest absolute Gasteiger partial charge is 0.240 e. The monoisotopic (exact) mass is 395 g/mol. The molecule has 1 aliphatic heterocycles. The number of rotatable bonds is 6. The topological polar surface area (TPSA) is 64.6 Å². The van der Waals surface area contributed by atoms with Crippen LogP contribution in [0.15, 0.2) is 33.9 Å². The molecule has 3 rings (SSSR count). The Morgan fingerprint density at radius 1 is 1.23 bits per heavy atom. The molecule has 0 bridgehead atoms. The molecule has 5 nitrogen and oxygen atoms in total. The van der Waals surface area contributed by atoms with E-state index in [0.717, 1.165) is 29.7 Å². The van der Waals surface area contributed by atoms with E-state index in [2.05, 4.69) is 16.2 Å². The first-order chi connectivity index (χ1) is 12.4. The highest BCUT2D eigenvalue weighted by Crippen LogP contribution is 2.36. The summed E-state index contributed by atoms with van der Waals surface area (Å²) in [5.41, 5.74) is 2.61. The van der Waals surface area contributed by atoms with Crippen LogP contribution in [0.4, 0.5) is 0 Å². The molecule has 0 saturated carbocycles. The minimum atomic E-state index is -3.60. The lowest BCUT2D eigenvalue weighted by Gasteiger charge is -2.37. The summed E-state index contributed by atoms with van der Waals surface area (Å²) in [5, 5.41) is 4.15. The molecule has 0 amide bonds. The molecule has 0 radical (unpaired) electrons. The van der Waals surface area contributed by atoms with Crippen molar-refractivity contribution in [1.82, 2.24) is 4.72 Å². The number of hydrogen-bond acceptors (Lipinski definition) is 5. The molecular weight excluding hydrogens is 370 g/mol. The zero-order valence-corrected chi connectivity index (χ0v) is 17.0. The van der Waals surface area contributed by atoms with Crippen LogP contribution in [0.2, 0.25) is 0 Å². The van der Waals surface area contributed by atoms with Gasteiger partial charge in [0.05, 0.1) is 12.0 Å². The summed E-state index contributed by atoms with van der Waals surface area (Å²) in [6, 6.07) is 5.41. The highest BCUT2D eigenvalue weighted by atomic mass is 32.2. The van der Waals surface area contributed by atoms with Crippen LogP contribution in [0.1, 0.15) is 29.5 Å². The first-order valence-electron chi connectivity index (χ1n) is 8.63. The summed E-state index contributed by atoms with van der Waals surface area (Å²) in [5.74, 6) is 0.725. The standard InChI is InChI=1S/C19H25NO4S2/c1-14-10-17(11-15(2)18(14)23-3)26(21,22)20-13-19(5-7-24-8-6-19)16-4-9-25-12-16/h4,9-12,20H,5-8,13H2,1-3H3. The molecule has 0 unspecified atom stereocenters. The third-order valence-corrected chi connectivity index (χ3v) is 7.20. The van der Waals surface area contributed by atoms with Gasteiger partial charge in [0.1, 0.15) is 5.75 Å². The molecule has 1 saturated heterocycles. The second-order valence-corrected chi connectivity index (χ2v) is 9.37. The average molecular weight is 396 g/mol. The number of hydrogen-bond donors (Lipinski definition) is 1. The second kappa shape index (κ2) is 7.68. The van der Waals surface area contributed by atoms with Gasteiger partial charge in [-0.1, -0.05) is 0 Å². The van der Waals surface area contributed by atoms with Crippen LogP contribution in [0.25, 0.3) is 0 Å². The lowest BCUT2D eigenvalue weighted by Crippen LogP contribution is -2.44. The Morgan fingerprint density at radius 2 is 1.88 bits per heavy atom. The van der Waals surface area contributed by atoms with E-state index in [1.165, 1.54) is 5.56 Å². The van der Waals surface area contributed by atoms with Crippen molar-refractivity contribution in [3.63, 3.8) is 0 Å². The lowest BCUT2D eigenvalue weighted by atomic mass is 9.75. The maximum Gasteiger partial charge on any atom is 0.240 e. The molecule has 142 valence electrons. The van der Waals surface area contributed by atoms with Gasteiger partial charge in [0.25, 0.3) is 0 Å². The van der Waals surface area contributed by atoms with Gasteiger partial charge >= 0.3 is 0 Å². The summed E-state index contributed by atoms with van der Waals surface area (Å²) in [6.45, 7) is 5.39. The van der Waals surface area contributed by atoms with Crippen molar-refractivity contribution in [2.45, 2.75) is 37.0 Å². The van der Waals surface area contributed by atoms with E-state index in [1.54, 1.807) is 30.6 Å². The van der Waals surface area contributed by atoms with Crippen LogP contribution in [0.5, 0.6) is 5.75 Å². The van der Waals surface area contributed by atoms with Crippen LogP contribution in [-0.4, -0.2) is 35.3 Å². The molecular formula is C19H25NO4S2. The lowest BCUT2D eigenvalue weighted by molar-refractivity contribution is 0.0518. The predicted molar refractivity (Wildman–Crippen MR) is 104 cm³/mol. The quantitative estimate of drug-likeness (QED) is 0.814. The van der Waals surface area contributed by atoms with Crippen molar-refractivity contribution in [1.29, 1.82) is 0 Å². The first-order valence-corrected chi connectivity index (χ1v) is 11.1. The Hall–Kier alpha value is -1.41. The van der Waals surface area contributed by atoms with Gasteiger partial charge in [-0.05, 0) is 72.3 Å². The molecule has 2 heterocycles.